The van der Waals surface area contributed by atoms with Gasteiger partial charge in [0.2, 0.25) is 5.91 Å². The Morgan fingerprint density at radius 1 is 0.971 bits per heavy atom. The molecule has 1 saturated heterocycles. The van der Waals surface area contributed by atoms with Gasteiger partial charge in [-0.1, -0.05) is 36.4 Å². The number of hydrogen-bond donors (Lipinski definition) is 2. The van der Waals surface area contributed by atoms with Crippen LogP contribution >= 0.6 is 0 Å². The Hall–Kier alpha value is -3.87. The number of rotatable bonds is 7. The number of amides is 3. The van der Waals surface area contributed by atoms with Crippen LogP contribution in [0.4, 0.5) is 0 Å². The summed E-state index contributed by atoms with van der Waals surface area (Å²) in [5.74, 6) is -0.00413. The van der Waals surface area contributed by atoms with Crippen LogP contribution in [0.1, 0.15) is 44.9 Å². The molecule has 2 N–H and O–H groups in total. The maximum absolute atomic E-state index is 13.1. The Labute approximate surface area is 199 Å². The first-order chi connectivity index (χ1) is 16.5. The fourth-order valence-corrected chi connectivity index (χ4v) is 4.33. The molecule has 0 bridgehead atoms. The lowest BCUT2D eigenvalue weighted by atomic mass is 9.88. The number of hydrogen-bond acceptors (Lipinski definition) is 4. The highest BCUT2D eigenvalue weighted by Gasteiger charge is 2.34. The second-order valence-electron chi connectivity index (χ2n) is 8.56. The molecule has 0 aliphatic carbocycles. The average Bonchev–Trinajstić information content (AvgIpc) is 3.40. The highest BCUT2D eigenvalue weighted by molar-refractivity contribution is 5.98. The quantitative estimate of drug-likeness (QED) is 0.565. The molecule has 7 heteroatoms. The summed E-state index contributed by atoms with van der Waals surface area (Å²) < 4.78 is 5.31. The van der Waals surface area contributed by atoms with E-state index in [2.05, 4.69) is 10.6 Å². The highest BCUT2D eigenvalue weighted by atomic mass is 16.3. The standard InChI is InChI=1S/C27H29N3O4/c1-19-8-5-6-12-23(19)27(33)30-15-13-20(14-16-30)24(26(32)28-18-22-11-7-17-34-22)29-25(31)21-9-3-2-4-10-21/h2-12,17,20,24H,13-16,18H2,1H3,(H,28,32)(H,29,31). The van der Waals surface area contributed by atoms with Crippen LogP contribution in [0.5, 0.6) is 0 Å². The molecule has 1 aromatic heterocycles. The van der Waals surface area contributed by atoms with Crippen LogP contribution in [0.3, 0.4) is 0 Å². The van der Waals surface area contributed by atoms with Crippen LogP contribution in [0.25, 0.3) is 0 Å². The summed E-state index contributed by atoms with van der Waals surface area (Å²) in [6.45, 7) is 3.23. The predicted octanol–water partition coefficient (Wildman–Crippen LogP) is 3.56. The number of carbonyl (C=O) groups is 3. The summed E-state index contributed by atoms with van der Waals surface area (Å²) in [5.41, 5.74) is 2.14. The van der Waals surface area contributed by atoms with Gasteiger partial charge in [-0.3, -0.25) is 14.4 Å². The maximum atomic E-state index is 13.1. The van der Waals surface area contributed by atoms with Crippen molar-refractivity contribution in [2.45, 2.75) is 32.4 Å². The third-order valence-electron chi connectivity index (χ3n) is 6.30. The molecule has 0 saturated carbocycles. The average molecular weight is 460 g/mol. The summed E-state index contributed by atoms with van der Waals surface area (Å²) in [5, 5.41) is 5.81. The van der Waals surface area contributed by atoms with E-state index in [1.54, 1.807) is 42.7 Å². The first-order valence-corrected chi connectivity index (χ1v) is 11.5. The van der Waals surface area contributed by atoms with Crippen molar-refractivity contribution >= 4 is 17.7 Å². The van der Waals surface area contributed by atoms with Gasteiger partial charge >= 0.3 is 0 Å². The van der Waals surface area contributed by atoms with E-state index in [4.69, 9.17) is 4.42 Å². The Kier molecular flexibility index (Phi) is 7.42. The summed E-state index contributed by atoms with van der Waals surface area (Å²) in [7, 11) is 0. The van der Waals surface area contributed by atoms with Gasteiger partial charge in [-0.25, -0.2) is 0 Å². The lowest BCUT2D eigenvalue weighted by Gasteiger charge is -2.36. The zero-order chi connectivity index (χ0) is 23.9. The minimum Gasteiger partial charge on any atom is -0.467 e. The monoisotopic (exact) mass is 459 g/mol. The van der Waals surface area contributed by atoms with Gasteiger partial charge in [-0.2, -0.15) is 0 Å². The maximum Gasteiger partial charge on any atom is 0.254 e. The van der Waals surface area contributed by atoms with Crippen molar-refractivity contribution < 1.29 is 18.8 Å². The van der Waals surface area contributed by atoms with Crippen molar-refractivity contribution in [3.63, 3.8) is 0 Å². The zero-order valence-electron chi connectivity index (χ0n) is 19.2. The molecule has 3 amide bonds. The van der Waals surface area contributed by atoms with Crippen LogP contribution in [0, 0.1) is 12.8 Å². The second kappa shape index (κ2) is 10.8. The van der Waals surface area contributed by atoms with E-state index < -0.39 is 6.04 Å². The molecule has 1 unspecified atom stereocenters. The Bertz CT molecular complexity index is 1120. The molecular formula is C27H29N3O4. The largest absolute Gasteiger partial charge is 0.467 e. The smallest absolute Gasteiger partial charge is 0.254 e. The molecule has 3 aromatic rings. The molecule has 0 radical (unpaired) electrons. The first kappa shape index (κ1) is 23.3. The van der Waals surface area contributed by atoms with Crippen LogP contribution < -0.4 is 10.6 Å². The molecule has 0 spiro atoms. The SMILES string of the molecule is Cc1ccccc1C(=O)N1CCC(C(NC(=O)c2ccccc2)C(=O)NCc2ccco2)CC1. The molecule has 176 valence electrons. The summed E-state index contributed by atoms with van der Waals surface area (Å²) in [6.07, 6.45) is 2.79. The summed E-state index contributed by atoms with van der Waals surface area (Å²) >= 11 is 0. The molecular weight excluding hydrogens is 430 g/mol. The van der Waals surface area contributed by atoms with Gasteiger partial charge in [0.05, 0.1) is 12.8 Å². The fourth-order valence-electron chi connectivity index (χ4n) is 4.33. The number of nitrogens with one attached hydrogen (secondary N) is 2. The number of benzene rings is 2. The van der Waals surface area contributed by atoms with Crippen LogP contribution in [-0.2, 0) is 11.3 Å². The molecule has 1 fully saturated rings. The fraction of sp³-hybridized carbons (Fsp3) is 0.296. The van der Waals surface area contributed by atoms with E-state index in [0.717, 1.165) is 5.56 Å². The first-order valence-electron chi connectivity index (χ1n) is 11.5. The van der Waals surface area contributed by atoms with Gasteiger partial charge in [0, 0.05) is 24.2 Å². The number of carbonyl (C=O) groups excluding carboxylic acids is 3. The normalized spacial score (nSPS) is 14.9. The van der Waals surface area contributed by atoms with Crippen LogP contribution in [0.15, 0.2) is 77.4 Å². The van der Waals surface area contributed by atoms with Gasteiger partial charge in [-0.05, 0) is 61.6 Å². The topological polar surface area (TPSA) is 91.7 Å². The van der Waals surface area contributed by atoms with Crippen molar-refractivity contribution in [3.05, 3.63) is 95.4 Å². The van der Waals surface area contributed by atoms with Crippen LogP contribution in [0.2, 0.25) is 0 Å². The number of likely N-dealkylation sites (tertiary alicyclic amines) is 1. The molecule has 2 heterocycles. The van der Waals surface area contributed by atoms with Crippen molar-refractivity contribution in [2.75, 3.05) is 13.1 Å². The molecule has 1 aliphatic rings. The molecule has 34 heavy (non-hydrogen) atoms. The second-order valence-corrected chi connectivity index (χ2v) is 8.56. The lowest BCUT2D eigenvalue weighted by Crippen LogP contribution is -2.53. The summed E-state index contributed by atoms with van der Waals surface area (Å²) in [6, 6.07) is 19.2. The van der Waals surface area contributed by atoms with Gasteiger partial charge in [0.15, 0.2) is 0 Å². The number of aryl methyl sites for hydroxylation is 1. The Morgan fingerprint density at radius 2 is 1.68 bits per heavy atom. The van der Waals surface area contributed by atoms with Crippen molar-refractivity contribution in [3.8, 4) is 0 Å². The van der Waals surface area contributed by atoms with Gasteiger partial charge in [0.1, 0.15) is 11.8 Å². The Balaban J connectivity index is 1.44. The minimum atomic E-state index is -0.710. The zero-order valence-corrected chi connectivity index (χ0v) is 19.2. The van der Waals surface area contributed by atoms with Crippen molar-refractivity contribution in [1.29, 1.82) is 0 Å². The third-order valence-corrected chi connectivity index (χ3v) is 6.30. The number of nitrogens with zero attached hydrogens (tertiary/aromatic N) is 1. The summed E-state index contributed by atoms with van der Waals surface area (Å²) in [4.78, 5) is 40.8. The van der Waals surface area contributed by atoms with Crippen LogP contribution in [-0.4, -0.2) is 41.8 Å². The van der Waals surface area contributed by atoms with E-state index in [-0.39, 0.29) is 30.2 Å². The lowest BCUT2D eigenvalue weighted by molar-refractivity contribution is -0.124. The van der Waals surface area contributed by atoms with Crippen molar-refractivity contribution in [2.24, 2.45) is 5.92 Å². The predicted molar refractivity (Wildman–Crippen MR) is 128 cm³/mol. The van der Waals surface area contributed by atoms with Crippen molar-refractivity contribution in [1.82, 2.24) is 15.5 Å². The third kappa shape index (κ3) is 5.54. The van der Waals surface area contributed by atoms with E-state index in [1.807, 2.05) is 42.2 Å². The highest BCUT2D eigenvalue weighted by Crippen LogP contribution is 2.24. The molecule has 4 rings (SSSR count). The van der Waals surface area contributed by atoms with E-state index in [9.17, 15) is 14.4 Å². The number of furan rings is 1. The van der Waals surface area contributed by atoms with E-state index >= 15 is 0 Å². The van der Waals surface area contributed by atoms with E-state index in [0.29, 0.717) is 42.8 Å². The minimum absolute atomic E-state index is 0.00342. The van der Waals surface area contributed by atoms with Gasteiger partial charge in [-0.15, -0.1) is 0 Å². The Morgan fingerprint density at radius 3 is 2.35 bits per heavy atom. The molecule has 1 atom stereocenters. The molecule has 7 nitrogen and oxygen atoms in total. The molecule has 1 aliphatic heterocycles. The van der Waals surface area contributed by atoms with Gasteiger partial charge in [0.25, 0.3) is 11.8 Å². The van der Waals surface area contributed by atoms with E-state index in [1.165, 1.54) is 0 Å². The molecule has 2 aromatic carbocycles. The van der Waals surface area contributed by atoms with Gasteiger partial charge < -0.3 is 20.0 Å². The number of piperidine rings is 1.